The Kier molecular flexibility index (Phi) is 8.51. The van der Waals surface area contributed by atoms with Gasteiger partial charge in [-0.2, -0.15) is 0 Å². The average Bonchev–Trinajstić information content (AvgIpc) is 2.96. The number of amides is 1. The van der Waals surface area contributed by atoms with Gasteiger partial charge in [-0.25, -0.2) is 0 Å². The molecule has 24 heavy (non-hydrogen) atoms. The number of piperazine rings is 1. The lowest BCUT2D eigenvalue weighted by molar-refractivity contribution is -0.137. The second kappa shape index (κ2) is 9.62. The highest BCUT2D eigenvalue weighted by Gasteiger charge is 2.32. The Morgan fingerprint density at radius 3 is 2.38 bits per heavy atom. The minimum Gasteiger partial charge on any atom is -0.340 e. The summed E-state index contributed by atoms with van der Waals surface area (Å²) in [6, 6.07) is 8.79. The van der Waals surface area contributed by atoms with Gasteiger partial charge in [0.05, 0.1) is 0 Å². The number of benzene rings is 1. The third-order valence-electron chi connectivity index (χ3n) is 5.16. The second-order valence-corrected chi connectivity index (χ2v) is 6.80. The van der Waals surface area contributed by atoms with E-state index >= 15 is 0 Å². The molecule has 1 saturated heterocycles. The van der Waals surface area contributed by atoms with Crippen molar-refractivity contribution in [3.63, 3.8) is 0 Å². The Hall–Kier alpha value is -0.810. The quantitative estimate of drug-likeness (QED) is 0.885. The lowest BCUT2D eigenvalue weighted by Crippen LogP contribution is -2.49. The smallest absolute Gasteiger partial charge is 0.225 e. The number of halogens is 2. The Balaban J connectivity index is 0.00000144. The van der Waals surface area contributed by atoms with Crippen LogP contribution in [0.5, 0.6) is 0 Å². The number of aryl methyl sites for hydroxylation is 1. The number of carbonyl (C=O) groups excluding carboxylic acids is 1. The van der Waals surface area contributed by atoms with Gasteiger partial charge in [0.25, 0.3) is 0 Å². The number of nitrogens with zero attached hydrogens (tertiary/aromatic N) is 2. The molecule has 0 bridgehead atoms. The summed E-state index contributed by atoms with van der Waals surface area (Å²) in [7, 11) is 0. The fourth-order valence-electron chi connectivity index (χ4n) is 3.65. The van der Waals surface area contributed by atoms with Crippen LogP contribution in [0.3, 0.4) is 0 Å². The zero-order valence-electron chi connectivity index (χ0n) is 14.3. The molecular formula is C18H29Cl2N3O. The Morgan fingerprint density at radius 2 is 1.79 bits per heavy atom. The van der Waals surface area contributed by atoms with Crippen LogP contribution in [0.15, 0.2) is 24.3 Å². The summed E-state index contributed by atoms with van der Waals surface area (Å²) in [5.41, 5.74) is 8.68. The number of carbonyl (C=O) groups is 1. The molecule has 2 N–H and O–H groups in total. The third-order valence-corrected chi connectivity index (χ3v) is 5.16. The van der Waals surface area contributed by atoms with E-state index in [1.54, 1.807) is 0 Å². The number of nitrogens with two attached hydrogens (primary N) is 1. The standard InChI is InChI=1S/C18H27N3O.2ClH/c1-14-4-2-3-5-16(14)13-20-8-10-21(11-9-20)18(22)15-6-7-17(19)12-15;;/h2-5,15,17H,6-13,19H2,1H3;2*1H. The van der Waals surface area contributed by atoms with Crippen LogP contribution in [0.1, 0.15) is 30.4 Å². The lowest BCUT2D eigenvalue weighted by Gasteiger charge is -2.36. The molecule has 2 fully saturated rings. The van der Waals surface area contributed by atoms with Crippen LogP contribution >= 0.6 is 24.8 Å². The van der Waals surface area contributed by atoms with Crippen LogP contribution in [0, 0.1) is 12.8 Å². The van der Waals surface area contributed by atoms with Crippen molar-refractivity contribution in [2.45, 2.75) is 38.8 Å². The van der Waals surface area contributed by atoms with Crippen LogP contribution in [0.2, 0.25) is 0 Å². The van der Waals surface area contributed by atoms with Crippen LogP contribution in [0.25, 0.3) is 0 Å². The van der Waals surface area contributed by atoms with Crippen molar-refractivity contribution in [1.29, 1.82) is 0 Å². The van der Waals surface area contributed by atoms with Crippen molar-refractivity contribution in [2.24, 2.45) is 11.7 Å². The molecule has 1 aliphatic carbocycles. The van der Waals surface area contributed by atoms with E-state index in [2.05, 4.69) is 41.0 Å². The van der Waals surface area contributed by atoms with Gasteiger partial charge in [-0.3, -0.25) is 9.69 Å². The summed E-state index contributed by atoms with van der Waals surface area (Å²) >= 11 is 0. The van der Waals surface area contributed by atoms with E-state index in [9.17, 15) is 4.79 Å². The number of rotatable bonds is 3. The highest BCUT2D eigenvalue weighted by Crippen LogP contribution is 2.26. The first-order valence-electron chi connectivity index (χ1n) is 8.44. The van der Waals surface area contributed by atoms with Gasteiger partial charge in [0, 0.05) is 44.7 Å². The summed E-state index contributed by atoms with van der Waals surface area (Å²) < 4.78 is 0. The molecule has 1 aromatic rings. The number of hydrogen-bond acceptors (Lipinski definition) is 3. The Labute approximate surface area is 157 Å². The van der Waals surface area contributed by atoms with E-state index in [0.29, 0.717) is 5.91 Å². The first kappa shape index (κ1) is 21.2. The monoisotopic (exact) mass is 373 g/mol. The molecule has 2 unspecified atom stereocenters. The average molecular weight is 374 g/mol. The van der Waals surface area contributed by atoms with Crippen LogP contribution in [-0.4, -0.2) is 47.9 Å². The Bertz CT molecular complexity index is 533. The van der Waals surface area contributed by atoms with Gasteiger partial charge in [-0.05, 0) is 37.3 Å². The zero-order valence-corrected chi connectivity index (χ0v) is 16.0. The first-order valence-corrected chi connectivity index (χ1v) is 8.44. The minimum atomic E-state index is 0. The van der Waals surface area contributed by atoms with Gasteiger partial charge in [0.1, 0.15) is 0 Å². The molecule has 1 amide bonds. The highest BCUT2D eigenvalue weighted by atomic mass is 35.5. The van der Waals surface area contributed by atoms with Crippen molar-refractivity contribution in [3.05, 3.63) is 35.4 Å². The maximum absolute atomic E-state index is 12.5. The molecule has 1 aliphatic heterocycles. The topological polar surface area (TPSA) is 49.6 Å². The van der Waals surface area contributed by atoms with Crippen molar-refractivity contribution < 1.29 is 4.79 Å². The predicted octanol–water partition coefficient (Wildman–Crippen LogP) is 2.61. The molecule has 6 heteroatoms. The summed E-state index contributed by atoms with van der Waals surface area (Å²) in [6.07, 6.45) is 2.86. The molecule has 1 saturated carbocycles. The van der Waals surface area contributed by atoms with Crippen molar-refractivity contribution in [1.82, 2.24) is 9.80 Å². The fraction of sp³-hybridized carbons (Fsp3) is 0.611. The van der Waals surface area contributed by atoms with Crippen LogP contribution in [0.4, 0.5) is 0 Å². The fourth-order valence-corrected chi connectivity index (χ4v) is 3.65. The van der Waals surface area contributed by atoms with Gasteiger partial charge >= 0.3 is 0 Å². The maximum atomic E-state index is 12.5. The van der Waals surface area contributed by atoms with Gasteiger partial charge in [-0.15, -0.1) is 24.8 Å². The van der Waals surface area contributed by atoms with Crippen molar-refractivity contribution in [3.8, 4) is 0 Å². The molecule has 0 spiro atoms. The first-order chi connectivity index (χ1) is 10.6. The predicted molar refractivity (Wildman–Crippen MR) is 103 cm³/mol. The molecule has 136 valence electrons. The van der Waals surface area contributed by atoms with E-state index in [1.807, 2.05) is 0 Å². The SMILES string of the molecule is Cc1ccccc1CN1CCN(C(=O)C2CCC(N)C2)CC1.Cl.Cl. The Morgan fingerprint density at radius 1 is 1.12 bits per heavy atom. The van der Waals surface area contributed by atoms with E-state index in [0.717, 1.165) is 52.0 Å². The molecule has 0 aromatic heterocycles. The van der Waals surface area contributed by atoms with Crippen molar-refractivity contribution >= 4 is 30.7 Å². The molecular weight excluding hydrogens is 345 g/mol. The molecule has 1 aromatic carbocycles. The molecule has 0 radical (unpaired) electrons. The molecule has 2 atom stereocenters. The van der Waals surface area contributed by atoms with E-state index in [4.69, 9.17) is 5.73 Å². The zero-order chi connectivity index (χ0) is 15.5. The molecule has 3 rings (SSSR count). The third kappa shape index (κ3) is 5.09. The maximum Gasteiger partial charge on any atom is 0.225 e. The summed E-state index contributed by atoms with van der Waals surface area (Å²) in [5.74, 6) is 0.515. The number of hydrogen-bond donors (Lipinski definition) is 1. The van der Waals surface area contributed by atoms with Gasteiger partial charge in [0.2, 0.25) is 5.91 Å². The van der Waals surface area contributed by atoms with Gasteiger partial charge < -0.3 is 10.6 Å². The van der Waals surface area contributed by atoms with E-state index < -0.39 is 0 Å². The second-order valence-electron chi connectivity index (χ2n) is 6.80. The van der Waals surface area contributed by atoms with Crippen molar-refractivity contribution in [2.75, 3.05) is 26.2 Å². The van der Waals surface area contributed by atoms with Crippen LogP contribution < -0.4 is 5.73 Å². The normalized spacial score (nSPS) is 24.2. The van der Waals surface area contributed by atoms with E-state index in [1.165, 1.54) is 11.1 Å². The highest BCUT2D eigenvalue weighted by molar-refractivity contribution is 5.85. The largest absolute Gasteiger partial charge is 0.340 e. The summed E-state index contributed by atoms with van der Waals surface area (Å²) in [6.45, 7) is 6.81. The molecule has 1 heterocycles. The van der Waals surface area contributed by atoms with Crippen LogP contribution in [-0.2, 0) is 11.3 Å². The molecule has 4 nitrogen and oxygen atoms in total. The van der Waals surface area contributed by atoms with E-state index in [-0.39, 0.29) is 36.8 Å². The minimum absolute atomic E-state index is 0. The lowest BCUT2D eigenvalue weighted by atomic mass is 10.1. The molecule has 2 aliphatic rings. The van der Waals surface area contributed by atoms with Gasteiger partial charge in [-0.1, -0.05) is 24.3 Å². The summed E-state index contributed by atoms with van der Waals surface area (Å²) in [4.78, 5) is 17.0. The van der Waals surface area contributed by atoms with Gasteiger partial charge in [0.15, 0.2) is 0 Å². The summed E-state index contributed by atoms with van der Waals surface area (Å²) in [5, 5.41) is 0.